The first-order valence-corrected chi connectivity index (χ1v) is 12.7. The molecule has 1 aliphatic rings. The van der Waals surface area contributed by atoms with Crippen molar-refractivity contribution in [3.63, 3.8) is 0 Å². The van der Waals surface area contributed by atoms with Gasteiger partial charge in [-0.2, -0.15) is 0 Å². The van der Waals surface area contributed by atoms with E-state index >= 15 is 0 Å². The van der Waals surface area contributed by atoms with Gasteiger partial charge in [0.2, 0.25) is 0 Å². The number of esters is 1. The quantitative estimate of drug-likeness (QED) is 0.523. The molecule has 1 aromatic carbocycles. The Morgan fingerprint density at radius 1 is 1.26 bits per heavy atom. The third kappa shape index (κ3) is 7.02. The van der Waals surface area contributed by atoms with Crippen molar-refractivity contribution >= 4 is 34.9 Å². The summed E-state index contributed by atoms with van der Waals surface area (Å²) in [4.78, 5) is 46.1. The molecular weight excluding hydrogens is 468 g/mol. The van der Waals surface area contributed by atoms with Crippen molar-refractivity contribution in [1.29, 1.82) is 0 Å². The molecule has 1 fully saturated rings. The van der Waals surface area contributed by atoms with Crippen LogP contribution < -0.4 is 5.32 Å². The number of ether oxygens (including phenoxy) is 2. The maximum absolute atomic E-state index is 13.1. The van der Waals surface area contributed by atoms with Gasteiger partial charge in [0.05, 0.1) is 25.7 Å². The van der Waals surface area contributed by atoms with E-state index < -0.39 is 0 Å². The summed E-state index contributed by atoms with van der Waals surface area (Å²) in [5.41, 5.74) is 3.08. The highest BCUT2D eigenvalue weighted by Gasteiger charge is 2.31. The van der Waals surface area contributed by atoms with E-state index in [1.54, 1.807) is 29.2 Å². The highest BCUT2D eigenvalue weighted by Crippen LogP contribution is 2.23. The Labute approximate surface area is 210 Å². The fourth-order valence-corrected chi connectivity index (χ4v) is 4.86. The number of hydrogen-bond donors (Lipinski definition) is 1. The van der Waals surface area contributed by atoms with Gasteiger partial charge in [-0.1, -0.05) is 18.2 Å². The molecule has 0 aliphatic carbocycles. The van der Waals surface area contributed by atoms with Crippen LogP contribution in [0.5, 0.6) is 0 Å². The third-order valence-electron chi connectivity index (χ3n) is 5.99. The molecule has 0 radical (unpaired) electrons. The minimum Gasteiger partial charge on any atom is -0.466 e. The van der Waals surface area contributed by atoms with E-state index in [1.807, 2.05) is 32.0 Å². The van der Waals surface area contributed by atoms with Gasteiger partial charge >= 0.3 is 12.0 Å². The van der Waals surface area contributed by atoms with Crippen molar-refractivity contribution in [2.75, 3.05) is 45.3 Å². The molecule has 0 saturated carbocycles. The number of nitrogens with zero attached hydrogens (tertiary/aromatic N) is 3. The molecular formula is C25H34N4O5S. The number of likely N-dealkylation sites (tertiary alicyclic amines) is 1. The third-order valence-corrected chi connectivity index (χ3v) is 6.82. The largest absolute Gasteiger partial charge is 0.466 e. The van der Waals surface area contributed by atoms with Crippen LogP contribution in [0.3, 0.4) is 0 Å². The Hall–Kier alpha value is -2.98. The number of hydrogen-bond acceptors (Lipinski definition) is 7. The molecule has 1 atom stereocenters. The standard InChI is InChI=1S/C25H34N4O5S/c1-5-34-24(31)19-10-7-11-28(14-19)23(30)20-16-35-21(26-20)15-29(12-13-33-4)25(32)27-22-17(2)8-6-9-18(22)3/h6,8-9,16,19H,5,7,10-15H2,1-4H3,(H,27,32). The predicted octanol–water partition coefficient (Wildman–Crippen LogP) is 3.86. The number of nitrogens with one attached hydrogen (secondary N) is 1. The Kier molecular flexibility index (Phi) is 9.62. The highest BCUT2D eigenvalue weighted by molar-refractivity contribution is 7.09. The number of aromatic nitrogens is 1. The number of para-hydroxylation sites is 1. The molecule has 1 aliphatic heterocycles. The Balaban J connectivity index is 1.67. The number of methoxy groups -OCH3 is 1. The van der Waals surface area contributed by atoms with E-state index in [2.05, 4.69) is 10.3 Å². The van der Waals surface area contributed by atoms with Gasteiger partial charge in [0, 0.05) is 37.8 Å². The number of amides is 3. The first kappa shape index (κ1) is 26.6. The summed E-state index contributed by atoms with van der Waals surface area (Å²) in [5, 5.41) is 5.37. The SMILES string of the molecule is CCOC(=O)C1CCCN(C(=O)c2csc(CN(CCOC)C(=O)Nc3c(C)cccc3C)n2)C1. The number of aryl methyl sites for hydroxylation is 2. The van der Waals surface area contributed by atoms with Crippen LogP contribution >= 0.6 is 11.3 Å². The van der Waals surface area contributed by atoms with Crippen molar-refractivity contribution in [2.24, 2.45) is 5.92 Å². The van der Waals surface area contributed by atoms with E-state index in [4.69, 9.17) is 9.47 Å². The molecule has 1 N–H and O–H groups in total. The van der Waals surface area contributed by atoms with Crippen LogP contribution in [0.1, 0.15) is 46.4 Å². The maximum Gasteiger partial charge on any atom is 0.322 e. The molecule has 2 heterocycles. The average Bonchev–Trinajstić information content (AvgIpc) is 3.32. The number of carbonyl (C=O) groups is 3. The lowest BCUT2D eigenvalue weighted by Crippen LogP contribution is -2.43. The summed E-state index contributed by atoms with van der Waals surface area (Å²) in [5.74, 6) is -0.763. The van der Waals surface area contributed by atoms with E-state index in [9.17, 15) is 14.4 Å². The maximum atomic E-state index is 13.1. The number of piperidine rings is 1. The van der Waals surface area contributed by atoms with Gasteiger partial charge in [0.25, 0.3) is 5.91 Å². The number of urea groups is 1. The van der Waals surface area contributed by atoms with Crippen molar-refractivity contribution in [1.82, 2.24) is 14.8 Å². The van der Waals surface area contributed by atoms with Crippen LogP contribution in [-0.2, 0) is 20.8 Å². The summed E-state index contributed by atoms with van der Waals surface area (Å²) in [6.07, 6.45) is 1.46. The molecule has 10 heteroatoms. The van der Waals surface area contributed by atoms with Gasteiger partial charge in [0.15, 0.2) is 0 Å². The Bertz CT molecular complexity index is 1020. The topological polar surface area (TPSA) is 101 Å². The van der Waals surface area contributed by atoms with Crippen LogP contribution in [0.15, 0.2) is 23.6 Å². The molecule has 0 bridgehead atoms. The van der Waals surface area contributed by atoms with Gasteiger partial charge in [-0.25, -0.2) is 9.78 Å². The van der Waals surface area contributed by atoms with E-state index in [1.165, 1.54) is 11.3 Å². The molecule has 3 rings (SSSR count). The second kappa shape index (κ2) is 12.6. The zero-order valence-electron chi connectivity index (χ0n) is 20.8. The van der Waals surface area contributed by atoms with Crippen LogP contribution in [0.2, 0.25) is 0 Å². The first-order chi connectivity index (χ1) is 16.8. The minimum atomic E-state index is -0.302. The molecule has 3 amide bonds. The number of thiazole rings is 1. The molecule has 1 saturated heterocycles. The van der Waals surface area contributed by atoms with Crippen molar-refractivity contribution in [3.05, 3.63) is 45.4 Å². The van der Waals surface area contributed by atoms with Crippen molar-refractivity contribution in [3.8, 4) is 0 Å². The van der Waals surface area contributed by atoms with Gasteiger partial charge in [-0.15, -0.1) is 11.3 Å². The zero-order chi connectivity index (χ0) is 25.4. The summed E-state index contributed by atoms with van der Waals surface area (Å²) in [6.45, 7) is 7.94. The summed E-state index contributed by atoms with van der Waals surface area (Å²) < 4.78 is 10.3. The number of carbonyl (C=O) groups excluding carboxylic acids is 3. The molecule has 1 aromatic heterocycles. The second-order valence-electron chi connectivity index (χ2n) is 8.58. The van der Waals surface area contributed by atoms with Gasteiger partial charge in [-0.3, -0.25) is 9.59 Å². The summed E-state index contributed by atoms with van der Waals surface area (Å²) in [7, 11) is 1.59. The fraction of sp³-hybridized carbons (Fsp3) is 0.520. The van der Waals surface area contributed by atoms with Crippen molar-refractivity contribution in [2.45, 2.75) is 40.2 Å². The van der Waals surface area contributed by atoms with E-state index in [0.717, 1.165) is 29.7 Å². The van der Waals surface area contributed by atoms with Crippen LogP contribution in [0.4, 0.5) is 10.5 Å². The fourth-order valence-electron chi connectivity index (χ4n) is 4.07. The number of benzene rings is 1. The smallest absolute Gasteiger partial charge is 0.322 e. The van der Waals surface area contributed by atoms with Gasteiger partial charge < -0.3 is 24.6 Å². The molecule has 9 nitrogen and oxygen atoms in total. The molecule has 35 heavy (non-hydrogen) atoms. The van der Waals surface area contributed by atoms with Crippen LogP contribution in [0, 0.1) is 19.8 Å². The first-order valence-electron chi connectivity index (χ1n) is 11.8. The van der Waals surface area contributed by atoms with E-state index in [-0.39, 0.29) is 30.4 Å². The monoisotopic (exact) mass is 502 g/mol. The lowest BCUT2D eigenvalue weighted by Gasteiger charge is -2.31. The highest BCUT2D eigenvalue weighted by atomic mass is 32.1. The molecule has 2 aromatic rings. The number of anilines is 1. The molecule has 0 spiro atoms. The Morgan fingerprint density at radius 2 is 2.00 bits per heavy atom. The molecule has 190 valence electrons. The predicted molar refractivity (Wildman–Crippen MR) is 135 cm³/mol. The lowest BCUT2D eigenvalue weighted by molar-refractivity contribution is -0.149. The average molecular weight is 503 g/mol. The van der Waals surface area contributed by atoms with Gasteiger partial charge in [0.1, 0.15) is 10.7 Å². The molecule has 1 unspecified atom stereocenters. The zero-order valence-corrected chi connectivity index (χ0v) is 21.7. The second-order valence-corrected chi connectivity index (χ2v) is 9.52. The summed E-state index contributed by atoms with van der Waals surface area (Å²) >= 11 is 1.34. The van der Waals surface area contributed by atoms with Crippen molar-refractivity contribution < 1.29 is 23.9 Å². The van der Waals surface area contributed by atoms with Crippen LogP contribution in [-0.4, -0.2) is 72.6 Å². The Morgan fingerprint density at radius 3 is 2.69 bits per heavy atom. The summed E-state index contributed by atoms with van der Waals surface area (Å²) in [6, 6.07) is 5.60. The lowest BCUT2D eigenvalue weighted by atomic mass is 9.98. The van der Waals surface area contributed by atoms with E-state index in [0.29, 0.717) is 43.5 Å². The minimum absolute atomic E-state index is 0.204. The normalized spacial score (nSPS) is 15.5. The number of rotatable bonds is 9. The van der Waals surface area contributed by atoms with Gasteiger partial charge in [-0.05, 0) is 44.7 Å². The van der Waals surface area contributed by atoms with Crippen LogP contribution in [0.25, 0.3) is 0 Å².